The Labute approximate surface area is 170 Å². The lowest BCUT2D eigenvalue weighted by Crippen LogP contribution is -2.45. The Kier molecular flexibility index (Phi) is 5.19. The Hall–Kier alpha value is -2.64. The number of anilines is 1. The number of aliphatic hydroxyl groups is 1. The summed E-state index contributed by atoms with van der Waals surface area (Å²) in [4.78, 5) is 2.26. The number of methoxy groups -OCH3 is 1. The molecule has 1 unspecified atom stereocenters. The highest BCUT2D eigenvalue weighted by Gasteiger charge is 2.26. The third-order valence-electron chi connectivity index (χ3n) is 5.12. The molecule has 4 rings (SSSR count). The predicted octanol–water partition coefficient (Wildman–Crippen LogP) is 3.36. The van der Waals surface area contributed by atoms with Gasteiger partial charge in [-0.05, 0) is 57.5 Å². The number of fused-ring (bicyclic) bond motifs is 1. The molecule has 1 atom stereocenters. The first-order valence-corrected chi connectivity index (χ1v) is 9.94. The molecular weight excluding hydrogens is 368 g/mol. The van der Waals surface area contributed by atoms with Gasteiger partial charge in [0.1, 0.15) is 23.7 Å². The number of rotatable bonds is 5. The van der Waals surface area contributed by atoms with Crippen LogP contribution in [-0.4, -0.2) is 47.1 Å². The summed E-state index contributed by atoms with van der Waals surface area (Å²) in [6.45, 7) is 8.33. The van der Waals surface area contributed by atoms with E-state index in [1.54, 1.807) is 7.11 Å². The van der Waals surface area contributed by atoms with Gasteiger partial charge in [0.15, 0.2) is 5.82 Å². The highest BCUT2D eigenvalue weighted by Crippen LogP contribution is 2.35. The van der Waals surface area contributed by atoms with Gasteiger partial charge in [-0.3, -0.25) is 0 Å². The minimum atomic E-state index is -0.137. The molecule has 1 saturated heterocycles. The second-order valence-electron chi connectivity index (χ2n) is 8.56. The molecule has 0 spiro atoms. The van der Waals surface area contributed by atoms with Gasteiger partial charge < -0.3 is 24.5 Å². The summed E-state index contributed by atoms with van der Waals surface area (Å²) < 4.78 is 11.2. The van der Waals surface area contributed by atoms with E-state index < -0.39 is 0 Å². The Balaban J connectivity index is 1.56. The maximum atomic E-state index is 9.31. The monoisotopic (exact) mass is 396 g/mol. The van der Waals surface area contributed by atoms with Crippen LogP contribution in [0, 0.1) is 0 Å². The second-order valence-corrected chi connectivity index (χ2v) is 8.56. The van der Waals surface area contributed by atoms with Crippen LogP contribution in [0.5, 0.6) is 5.75 Å². The third kappa shape index (κ3) is 4.21. The lowest BCUT2D eigenvalue weighted by atomic mass is 10.1. The first-order chi connectivity index (χ1) is 13.9. The van der Waals surface area contributed by atoms with Gasteiger partial charge in [0.25, 0.3) is 0 Å². The average Bonchev–Trinajstić information content (AvgIpc) is 3.31. The van der Waals surface area contributed by atoms with E-state index in [1.165, 1.54) is 0 Å². The standard InChI is InChI=1S/C22H28N4O3/c1-22(2,3)23-15-7-8-26(12-15)21-6-5-18(24-25-21)17-11-19-14(10-20(17)28-4)9-16(13-27)29-19/h5-6,9-11,15,23,27H,7-8,12-13H2,1-4H3. The zero-order valence-corrected chi connectivity index (χ0v) is 17.4. The van der Waals surface area contributed by atoms with Gasteiger partial charge in [-0.2, -0.15) is 0 Å². The molecule has 0 aliphatic carbocycles. The zero-order chi connectivity index (χ0) is 20.6. The topological polar surface area (TPSA) is 83.7 Å². The molecule has 154 valence electrons. The fourth-order valence-corrected chi connectivity index (χ4v) is 3.90. The maximum Gasteiger partial charge on any atom is 0.151 e. The smallest absolute Gasteiger partial charge is 0.151 e. The molecular formula is C22H28N4O3. The van der Waals surface area contributed by atoms with E-state index in [0.29, 0.717) is 23.1 Å². The van der Waals surface area contributed by atoms with E-state index in [9.17, 15) is 5.11 Å². The number of hydrogen-bond acceptors (Lipinski definition) is 7. The molecule has 0 bridgehead atoms. The van der Waals surface area contributed by atoms with Crippen LogP contribution in [0.4, 0.5) is 5.82 Å². The number of benzene rings is 1. The highest BCUT2D eigenvalue weighted by atomic mass is 16.5. The molecule has 0 amide bonds. The van der Waals surface area contributed by atoms with Crippen LogP contribution in [-0.2, 0) is 6.61 Å². The maximum absolute atomic E-state index is 9.31. The Morgan fingerprint density at radius 1 is 1.24 bits per heavy atom. The van der Waals surface area contributed by atoms with Gasteiger partial charge in [-0.25, -0.2) is 0 Å². The largest absolute Gasteiger partial charge is 0.496 e. The van der Waals surface area contributed by atoms with E-state index in [-0.39, 0.29) is 12.1 Å². The van der Waals surface area contributed by atoms with E-state index in [1.807, 2.05) is 30.3 Å². The molecule has 3 aromatic rings. The normalized spacial score (nSPS) is 17.3. The summed E-state index contributed by atoms with van der Waals surface area (Å²) in [6.07, 6.45) is 1.09. The number of nitrogens with zero attached hydrogens (tertiary/aromatic N) is 3. The summed E-state index contributed by atoms with van der Waals surface area (Å²) in [5, 5.41) is 22.8. The van der Waals surface area contributed by atoms with Crippen LogP contribution in [0.15, 0.2) is 34.7 Å². The van der Waals surface area contributed by atoms with Crippen LogP contribution in [0.25, 0.3) is 22.2 Å². The van der Waals surface area contributed by atoms with Crippen molar-refractivity contribution in [3.8, 4) is 17.0 Å². The molecule has 7 nitrogen and oxygen atoms in total. The van der Waals surface area contributed by atoms with Crippen molar-refractivity contribution in [3.63, 3.8) is 0 Å². The number of nitrogens with one attached hydrogen (secondary N) is 1. The van der Waals surface area contributed by atoms with Gasteiger partial charge in [-0.1, -0.05) is 0 Å². The summed E-state index contributed by atoms with van der Waals surface area (Å²) in [5.74, 6) is 2.10. The van der Waals surface area contributed by atoms with Gasteiger partial charge >= 0.3 is 0 Å². The molecule has 7 heteroatoms. The summed E-state index contributed by atoms with van der Waals surface area (Å²) in [5.41, 5.74) is 2.32. The molecule has 29 heavy (non-hydrogen) atoms. The van der Waals surface area contributed by atoms with Crippen molar-refractivity contribution in [2.24, 2.45) is 0 Å². The molecule has 1 aromatic carbocycles. The SMILES string of the molecule is COc1cc2cc(CO)oc2cc1-c1ccc(N2CCC(NC(C)(C)C)C2)nn1. The van der Waals surface area contributed by atoms with Gasteiger partial charge in [-0.15, -0.1) is 10.2 Å². The van der Waals surface area contributed by atoms with E-state index in [0.717, 1.165) is 42.0 Å². The van der Waals surface area contributed by atoms with Crippen molar-refractivity contribution < 1.29 is 14.3 Å². The fourth-order valence-electron chi connectivity index (χ4n) is 3.90. The van der Waals surface area contributed by atoms with Crippen molar-refractivity contribution in [1.82, 2.24) is 15.5 Å². The molecule has 0 saturated carbocycles. The summed E-state index contributed by atoms with van der Waals surface area (Å²) in [7, 11) is 1.63. The van der Waals surface area contributed by atoms with Crippen LogP contribution in [0.2, 0.25) is 0 Å². The Bertz CT molecular complexity index is 992. The molecule has 2 N–H and O–H groups in total. The zero-order valence-electron chi connectivity index (χ0n) is 17.4. The second kappa shape index (κ2) is 7.65. The Morgan fingerprint density at radius 2 is 2.07 bits per heavy atom. The van der Waals surface area contributed by atoms with Crippen molar-refractivity contribution in [2.75, 3.05) is 25.1 Å². The number of aromatic nitrogens is 2. The first-order valence-electron chi connectivity index (χ1n) is 9.94. The van der Waals surface area contributed by atoms with Gasteiger partial charge in [0.2, 0.25) is 0 Å². The minimum Gasteiger partial charge on any atom is -0.496 e. The molecule has 1 aliphatic heterocycles. The van der Waals surface area contributed by atoms with Crippen LogP contribution in [0.3, 0.4) is 0 Å². The number of ether oxygens (including phenoxy) is 1. The summed E-state index contributed by atoms with van der Waals surface area (Å²) in [6, 6.07) is 10.0. The van der Waals surface area contributed by atoms with E-state index >= 15 is 0 Å². The van der Waals surface area contributed by atoms with Crippen LogP contribution >= 0.6 is 0 Å². The molecule has 1 aliphatic rings. The van der Waals surface area contributed by atoms with Crippen molar-refractivity contribution in [1.29, 1.82) is 0 Å². The molecule has 0 radical (unpaired) electrons. The fraction of sp³-hybridized carbons (Fsp3) is 0.455. The van der Waals surface area contributed by atoms with Crippen molar-refractivity contribution in [3.05, 3.63) is 36.1 Å². The molecule has 3 heterocycles. The number of aliphatic hydroxyl groups excluding tert-OH is 1. The molecule has 2 aromatic heterocycles. The van der Waals surface area contributed by atoms with Crippen molar-refractivity contribution in [2.45, 2.75) is 45.4 Å². The quantitative estimate of drug-likeness (QED) is 0.684. The minimum absolute atomic E-state index is 0.104. The highest BCUT2D eigenvalue weighted by molar-refractivity contribution is 5.87. The van der Waals surface area contributed by atoms with Gasteiger partial charge in [0, 0.05) is 35.6 Å². The Morgan fingerprint density at radius 3 is 2.72 bits per heavy atom. The van der Waals surface area contributed by atoms with Crippen molar-refractivity contribution >= 4 is 16.8 Å². The average molecular weight is 396 g/mol. The first kappa shape index (κ1) is 19.7. The number of furan rings is 1. The van der Waals surface area contributed by atoms with Crippen LogP contribution < -0.4 is 15.0 Å². The summed E-state index contributed by atoms with van der Waals surface area (Å²) >= 11 is 0. The van der Waals surface area contributed by atoms with Gasteiger partial charge in [0.05, 0.1) is 12.8 Å². The molecule has 1 fully saturated rings. The van der Waals surface area contributed by atoms with Crippen LogP contribution in [0.1, 0.15) is 33.0 Å². The predicted molar refractivity (Wildman–Crippen MR) is 113 cm³/mol. The lowest BCUT2D eigenvalue weighted by molar-refractivity contribution is 0.251. The lowest BCUT2D eigenvalue weighted by Gasteiger charge is -2.26. The third-order valence-corrected chi connectivity index (χ3v) is 5.12. The van der Waals surface area contributed by atoms with E-state index in [4.69, 9.17) is 9.15 Å². The number of hydrogen-bond donors (Lipinski definition) is 2. The van der Waals surface area contributed by atoms with E-state index in [2.05, 4.69) is 41.2 Å².